The van der Waals surface area contributed by atoms with Crippen molar-refractivity contribution in [2.45, 2.75) is 65.4 Å². The minimum atomic E-state index is -3.71. The number of nitrogens with one attached hydrogen (secondary N) is 1. The molecule has 33 heteroatoms. The van der Waals surface area contributed by atoms with Crippen molar-refractivity contribution < 1.29 is 52.3 Å². The van der Waals surface area contributed by atoms with Crippen molar-refractivity contribution in [1.29, 1.82) is 0 Å². The quantitative estimate of drug-likeness (QED) is 0.0537. The van der Waals surface area contributed by atoms with Crippen LogP contribution in [0.3, 0.4) is 0 Å². The molecule has 0 unspecified atom stereocenters. The Hall–Kier alpha value is -11.5. The van der Waals surface area contributed by atoms with Crippen LogP contribution in [-0.4, -0.2) is 145 Å². The van der Waals surface area contributed by atoms with Gasteiger partial charge in [-0.1, -0.05) is 94.8 Å². The number of pyridine rings is 4. The lowest BCUT2D eigenvalue weighted by atomic mass is 10.0. The number of nitrogen functional groups attached to an aromatic ring is 1. The number of anilines is 1. The van der Waals surface area contributed by atoms with Crippen LogP contribution in [-0.2, 0) is 100 Å². The first-order valence-electron chi connectivity index (χ1n) is 37.3. The Bertz CT molecular complexity index is 6140. The smallest absolute Gasteiger partial charge is 0.243 e. The Morgan fingerprint density at radius 2 is 0.744 bits per heavy atom. The zero-order valence-electron chi connectivity index (χ0n) is 68.4. The number of rotatable bonds is 25. The number of aromatic nitrogens is 10. The third kappa shape index (κ3) is 27.3. The number of methoxy groups -OCH3 is 3. The number of hydrogen-bond acceptors (Lipinski definition) is 19. The summed E-state index contributed by atoms with van der Waals surface area (Å²) in [6.07, 6.45) is 19.6. The highest BCUT2D eigenvalue weighted by atomic mass is 79.9. The molecular weight excluding hydrogens is 1750 g/mol. The van der Waals surface area contributed by atoms with Crippen LogP contribution in [0.5, 0.6) is 17.2 Å². The summed E-state index contributed by atoms with van der Waals surface area (Å²) in [7, 11) is 2.01. The minimum absolute atomic E-state index is 0.0387. The van der Waals surface area contributed by atoms with E-state index in [1.165, 1.54) is 39.1 Å². The molecule has 14 rings (SSSR count). The number of imidazole rings is 3. The first-order valence-corrected chi connectivity index (χ1v) is 44.7. The molecule has 0 aliphatic rings. The molecule has 0 saturated carbocycles. The van der Waals surface area contributed by atoms with E-state index in [4.69, 9.17) is 19.9 Å². The summed E-state index contributed by atoms with van der Waals surface area (Å²) in [5.74, 6) is 2.24. The van der Waals surface area contributed by atoms with E-state index in [-0.39, 0.29) is 43.7 Å². The molecule has 0 bridgehead atoms. The third-order valence-electron chi connectivity index (χ3n) is 18.3. The number of halogens is 3. The van der Waals surface area contributed by atoms with Gasteiger partial charge in [-0.3, -0.25) is 15.0 Å². The monoisotopic (exact) mass is 1840 g/mol. The van der Waals surface area contributed by atoms with E-state index in [9.17, 15) is 38.1 Å². The minimum Gasteiger partial charge on any atom is -0.497 e. The van der Waals surface area contributed by atoms with Crippen molar-refractivity contribution in [3.63, 3.8) is 0 Å². The number of nitrogens with two attached hydrogens (primary N) is 1. The summed E-state index contributed by atoms with van der Waals surface area (Å²) in [5, 5.41) is 0. The second-order valence-electron chi connectivity index (χ2n) is 27.3. The van der Waals surface area contributed by atoms with Gasteiger partial charge in [0, 0.05) is 157 Å². The Labute approximate surface area is 724 Å². The van der Waals surface area contributed by atoms with Gasteiger partial charge < -0.3 is 33.6 Å². The standard InChI is InChI=1S/C25H26N4O3S.C21H21BrN2O3S.C17H18N4O2S.C15H15BrFNO3S.C5H8N2.C5H6N2/c1-28-17-25(27-18-28)24-15-23(12-9-20(24)14-21-6-4-5-13-26-21)33(30,31)29(2)16-19-7-10-22(32-3)11-8-19;1-24(15-16-6-9-19(27-2)10-7-16)28(25,26)20-11-8-17(21(22)14-20)13-18-5-3-4-12-23-18;1-18-24(22,23)15-7-6-13(9-14-5-3-4-8-19-14)16(10-15)17-11-21(2)12-20-17;1-18(10-11-3-5-12(21-2)6-4-11)22(19,20)13-7-8-15(17)14(16)9-13;1-5-3-7(2)4-6-5;6-5-3-1-2-4-7-5/h4-13,15,17-18H,14,16H2,1-3H3;3-12,14H,13,15H2,1-2H3;3-8,10-12,18H,9H2,1-2H3;3-9H,10H2,1-2H3;3-4H,1-2H3;1-4H,(H2,6,7). The Morgan fingerprint density at radius 3 is 1.04 bits per heavy atom. The predicted octanol–water partition coefficient (Wildman–Crippen LogP) is 15.0. The normalized spacial score (nSPS) is 11.3. The van der Waals surface area contributed by atoms with Gasteiger partial charge >= 0.3 is 0 Å². The highest BCUT2D eigenvalue weighted by Gasteiger charge is 2.27. The lowest BCUT2D eigenvalue weighted by Gasteiger charge is -2.19. The van der Waals surface area contributed by atoms with Crippen LogP contribution in [0.1, 0.15) is 56.2 Å². The van der Waals surface area contributed by atoms with Gasteiger partial charge in [0.05, 0.1) is 81.4 Å². The summed E-state index contributed by atoms with van der Waals surface area (Å²) in [6, 6.07) is 63.6. The van der Waals surface area contributed by atoms with E-state index in [2.05, 4.69) is 71.5 Å². The molecule has 0 aliphatic carbocycles. The molecule has 26 nitrogen and oxygen atoms in total. The van der Waals surface area contributed by atoms with Crippen molar-refractivity contribution in [2.75, 3.05) is 55.3 Å². The number of nitrogens with zero attached hydrogens (tertiary/aromatic N) is 13. The molecular formula is C88H94Br2FN15O11S4. The van der Waals surface area contributed by atoms with Crippen molar-refractivity contribution >= 4 is 77.8 Å². The molecule has 7 aromatic heterocycles. The van der Waals surface area contributed by atoms with Gasteiger partial charge in [-0.25, -0.2) is 62.7 Å². The number of aryl methyl sites for hydroxylation is 4. The highest BCUT2D eigenvalue weighted by molar-refractivity contribution is 9.10. The van der Waals surface area contributed by atoms with Crippen LogP contribution < -0.4 is 24.7 Å². The number of ether oxygens (including phenoxy) is 3. The maximum Gasteiger partial charge on any atom is 0.243 e. The molecule has 0 radical (unpaired) electrons. The molecule has 121 heavy (non-hydrogen) atoms. The predicted molar refractivity (Wildman–Crippen MR) is 474 cm³/mol. The Kier molecular flexibility index (Phi) is 34.1. The maximum absolute atomic E-state index is 13.4. The van der Waals surface area contributed by atoms with Crippen LogP contribution >= 0.6 is 31.9 Å². The van der Waals surface area contributed by atoms with E-state index in [0.717, 1.165) is 101 Å². The summed E-state index contributed by atoms with van der Waals surface area (Å²) in [5.41, 5.74) is 17.6. The molecule has 0 aliphatic heterocycles. The summed E-state index contributed by atoms with van der Waals surface area (Å²) in [4.78, 5) is 30.4. The second-order valence-corrected chi connectivity index (χ2v) is 37.0. The number of hydrogen-bond donors (Lipinski definition) is 2. The maximum atomic E-state index is 13.4. The average molecular weight is 1840 g/mol. The third-order valence-corrected chi connectivity index (χ3v) is 26.4. The van der Waals surface area contributed by atoms with Crippen LogP contribution in [0.25, 0.3) is 22.5 Å². The fourth-order valence-corrected chi connectivity index (χ4v) is 17.2. The SMILES string of the molecule is CNS(=O)(=O)c1ccc(Cc2ccccn2)c(-c2cn(C)cn2)c1.COc1ccc(CN(C)S(=O)(=O)c2ccc(Cc3ccccn3)c(-c3cn(C)cn3)c2)cc1.COc1ccc(CN(C)S(=O)(=O)c2ccc(Cc3ccccn3)c(Br)c2)cc1.COc1ccc(CN(C)S(=O)(=O)c2ccc(F)c(Br)c2)cc1.Cc1cn(C)cn1.Nc1ccccn1. The molecule has 0 amide bonds. The summed E-state index contributed by atoms with van der Waals surface area (Å²) < 4.78 is 143. The van der Waals surface area contributed by atoms with E-state index in [1.807, 2.05) is 194 Å². The van der Waals surface area contributed by atoms with Gasteiger partial charge in [0.25, 0.3) is 0 Å². The van der Waals surface area contributed by atoms with Crippen molar-refractivity contribution in [3.8, 4) is 39.8 Å². The Morgan fingerprint density at radius 1 is 0.405 bits per heavy atom. The van der Waals surface area contributed by atoms with Crippen molar-refractivity contribution in [1.82, 2.24) is 66.2 Å². The van der Waals surface area contributed by atoms with Crippen LogP contribution in [0.15, 0.2) is 309 Å². The van der Waals surface area contributed by atoms with E-state index in [0.29, 0.717) is 30.8 Å². The van der Waals surface area contributed by atoms with Gasteiger partial charge in [-0.2, -0.15) is 12.9 Å². The second kappa shape index (κ2) is 44.2. The zero-order valence-corrected chi connectivity index (χ0v) is 74.9. The van der Waals surface area contributed by atoms with Crippen molar-refractivity contribution in [3.05, 3.63) is 352 Å². The number of benzene rings is 7. The van der Waals surface area contributed by atoms with E-state index < -0.39 is 45.9 Å². The lowest BCUT2D eigenvalue weighted by molar-refractivity contribution is 0.414. The van der Waals surface area contributed by atoms with Crippen LogP contribution in [0.2, 0.25) is 0 Å². The molecule has 14 aromatic rings. The molecule has 0 atom stereocenters. The van der Waals surface area contributed by atoms with Gasteiger partial charge in [-0.15, -0.1) is 0 Å². The molecule has 7 heterocycles. The topological polar surface area (TPSA) is 317 Å². The fourth-order valence-electron chi connectivity index (χ4n) is 11.7. The average Bonchev–Trinajstić information content (AvgIpc) is 1.78. The van der Waals surface area contributed by atoms with E-state index >= 15 is 0 Å². The highest BCUT2D eigenvalue weighted by Crippen LogP contribution is 2.32. The van der Waals surface area contributed by atoms with E-state index in [1.54, 1.807) is 146 Å². The van der Waals surface area contributed by atoms with Crippen LogP contribution in [0, 0.1) is 12.7 Å². The molecule has 3 N–H and O–H groups in total. The molecule has 0 saturated heterocycles. The first-order chi connectivity index (χ1) is 57.8. The van der Waals surface area contributed by atoms with Gasteiger partial charge in [0.2, 0.25) is 40.1 Å². The van der Waals surface area contributed by atoms with Gasteiger partial charge in [0.1, 0.15) is 28.9 Å². The van der Waals surface area contributed by atoms with Gasteiger partial charge in [0.15, 0.2) is 0 Å². The molecule has 632 valence electrons. The van der Waals surface area contributed by atoms with Crippen LogP contribution in [0.4, 0.5) is 10.2 Å². The lowest BCUT2D eigenvalue weighted by Crippen LogP contribution is -2.26. The largest absolute Gasteiger partial charge is 0.497 e. The number of sulfonamides is 4. The first kappa shape index (κ1) is 93.4. The zero-order chi connectivity index (χ0) is 87.4. The summed E-state index contributed by atoms with van der Waals surface area (Å²) >= 11 is 6.50. The summed E-state index contributed by atoms with van der Waals surface area (Å²) in [6.45, 7) is 2.71. The molecule has 7 aromatic carbocycles. The molecule has 0 fully saturated rings. The fraction of sp³-hybridized carbons (Fsp3) is 0.193. The Balaban J connectivity index is 0.000000175. The molecule has 0 spiro atoms. The van der Waals surface area contributed by atoms with Gasteiger partial charge in [-0.05, 0) is 203 Å². The van der Waals surface area contributed by atoms with Crippen molar-refractivity contribution in [2.24, 2.45) is 21.1 Å².